The van der Waals surface area contributed by atoms with Crippen LogP contribution in [0.2, 0.25) is 0 Å². The number of nitrogens with zero attached hydrogens (tertiary/aromatic N) is 2. The van der Waals surface area contributed by atoms with E-state index in [-0.39, 0.29) is 16.5 Å². The van der Waals surface area contributed by atoms with Gasteiger partial charge in [-0.1, -0.05) is 475 Å². The predicted molar refractivity (Wildman–Crippen MR) is 466 cm³/mol. The minimum atomic E-state index is 0. The Balaban J connectivity index is 0.00000210. The summed E-state index contributed by atoms with van der Waals surface area (Å²) in [7, 11) is 0. The monoisotopic (exact) mass is 1480 g/mol. The Morgan fingerprint density at radius 2 is 0.596 bits per heavy atom. The van der Waals surface area contributed by atoms with Crippen molar-refractivity contribution in [3.05, 3.63) is 101 Å². The van der Waals surface area contributed by atoms with Gasteiger partial charge < -0.3 is 19.4 Å². The Kier molecular flexibility index (Phi) is 80.3. The molecule has 0 atom stereocenters. The Labute approximate surface area is 663 Å². The molecule has 1 heterocycles. The van der Waals surface area contributed by atoms with Crippen LogP contribution in [0.15, 0.2) is 59.7 Å². The first-order chi connectivity index (χ1) is 51.0. The van der Waals surface area contributed by atoms with E-state index >= 15 is 0 Å². The van der Waals surface area contributed by atoms with Crippen molar-refractivity contribution in [1.29, 1.82) is 0 Å². The molecule has 1 aliphatic heterocycles. The zero-order valence-electron chi connectivity index (χ0n) is 70.9. The van der Waals surface area contributed by atoms with Gasteiger partial charge in [0.2, 0.25) is 11.4 Å². The molecule has 0 amide bonds. The summed E-state index contributed by atoms with van der Waals surface area (Å²) in [4.78, 5) is 0. The van der Waals surface area contributed by atoms with Crippen molar-refractivity contribution < 1.29 is 21.2 Å². The third-order valence-electron chi connectivity index (χ3n) is 21.9. The Morgan fingerprint density at radius 1 is 0.288 bits per heavy atom. The van der Waals surface area contributed by atoms with Crippen LogP contribution in [0, 0.1) is 37.5 Å². The zero-order chi connectivity index (χ0) is 74.3. The van der Waals surface area contributed by atoms with Crippen molar-refractivity contribution in [2.24, 2.45) is 0 Å². The zero-order valence-corrected chi connectivity index (χ0v) is 71.9. The number of allylic oxidation sites excluding steroid dienone is 2. The van der Waals surface area contributed by atoms with E-state index in [9.17, 15) is 5.53 Å². The molecule has 0 N–H and O–H groups in total. The van der Waals surface area contributed by atoms with E-state index in [0.717, 1.165) is 92.3 Å². The fourth-order valence-electron chi connectivity index (χ4n) is 15.1. The minimum Gasteiger partial charge on any atom is -0.493 e. The van der Waals surface area contributed by atoms with Crippen LogP contribution in [0.3, 0.4) is 0 Å². The second-order valence-corrected chi connectivity index (χ2v) is 31.9. The average Bonchev–Trinajstić information content (AvgIpc) is 1.60. The van der Waals surface area contributed by atoms with Crippen LogP contribution in [0.25, 0.3) is 16.9 Å². The maximum Gasteiger partial charge on any atom is 2.00 e. The van der Waals surface area contributed by atoms with Gasteiger partial charge >= 0.3 is 16.5 Å². The number of unbranched alkanes of at least 4 members (excludes halogenated alkanes) is 63. The molecule has 0 fully saturated rings. The molecule has 0 saturated heterocycles. The van der Waals surface area contributed by atoms with Crippen LogP contribution in [-0.2, 0) is 29.3 Å². The molecule has 0 aliphatic carbocycles. The molecule has 0 bridgehead atoms. The first kappa shape index (κ1) is 101. The SMILES string of the molecule is CCCCCCCCC#CCCc1ccccc1C1=C(CCCCCCCC)C(C#CCCCCCCCCCCCCCCCCCCC)=C(c2cccc(CCCC)c2)[N+]1=[N-].[CH2-]CCCCCCCCCCCCCCCCCCC.[CH2-]CCCCCCCCCCCCCCCCCCC.[Ni+2]. The van der Waals surface area contributed by atoms with Gasteiger partial charge in [-0.3, -0.25) is 0 Å². The van der Waals surface area contributed by atoms with Crippen molar-refractivity contribution in [1.82, 2.24) is 0 Å². The normalized spacial score (nSPS) is 11.9. The van der Waals surface area contributed by atoms with E-state index in [1.165, 1.54) is 426 Å². The van der Waals surface area contributed by atoms with Crippen molar-refractivity contribution >= 4 is 11.4 Å². The molecule has 1 aliphatic rings. The molecule has 0 spiro atoms. The Morgan fingerprint density at radius 3 is 0.952 bits per heavy atom. The van der Waals surface area contributed by atoms with Crippen LogP contribution in [0.1, 0.15) is 520 Å². The van der Waals surface area contributed by atoms with Crippen LogP contribution in [-0.4, -0.2) is 4.70 Å². The molecule has 2 aromatic carbocycles. The van der Waals surface area contributed by atoms with Crippen molar-refractivity contribution in [2.75, 3.05) is 0 Å². The first-order valence-electron chi connectivity index (χ1n) is 46.7. The van der Waals surface area contributed by atoms with E-state index in [1.54, 1.807) is 0 Å². The van der Waals surface area contributed by atoms with Crippen LogP contribution in [0.5, 0.6) is 0 Å². The molecule has 3 rings (SSSR count). The topological polar surface area (TPSA) is 25.3 Å². The van der Waals surface area contributed by atoms with Crippen LogP contribution >= 0.6 is 0 Å². The summed E-state index contributed by atoms with van der Waals surface area (Å²) >= 11 is 0. The summed E-state index contributed by atoms with van der Waals surface area (Å²) < 4.78 is 1.54. The van der Waals surface area contributed by atoms with Crippen LogP contribution < -0.4 is 0 Å². The summed E-state index contributed by atoms with van der Waals surface area (Å²) in [5, 5.41) is 0. The van der Waals surface area contributed by atoms with Gasteiger partial charge in [0.25, 0.3) is 0 Å². The summed E-state index contributed by atoms with van der Waals surface area (Å²) in [5.41, 5.74) is 21.3. The number of hydrogen-bond acceptors (Lipinski definition) is 0. The molecule has 0 radical (unpaired) electrons. The van der Waals surface area contributed by atoms with Gasteiger partial charge in [-0.2, -0.15) is 12.8 Å². The van der Waals surface area contributed by atoms with E-state index in [2.05, 4.69) is 128 Å². The number of hydrogen-bond donors (Lipinski definition) is 0. The fraction of sp³-hybridized carbons (Fsp3) is 0.782. The Bertz CT molecular complexity index is 2260. The van der Waals surface area contributed by atoms with E-state index < -0.39 is 0 Å². The molecular formula is C101H176N2Ni. The van der Waals surface area contributed by atoms with Gasteiger partial charge in [0.1, 0.15) is 5.57 Å². The molecule has 600 valence electrons. The maximum absolute atomic E-state index is 12.5. The van der Waals surface area contributed by atoms with Crippen molar-refractivity contribution in [2.45, 2.75) is 510 Å². The standard InChI is InChI=1S/C61H94N2.2C20H41.Ni/c1-5-9-13-16-19-21-23-24-25-26-27-28-29-30-31-33-35-38-40-51-58-59(52-41-37-18-15-11-7-3)61(63(62)60(58)56-49-44-46-54(53-56)45-12-8-4)57-50-43-42-48-55(57)47-39-36-34-32-22-20-17-14-10-6-2;2*1-3-5-7-9-11-13-15-17-19-20-18-16-14-12-10-8-6-4-2;/h42-44,46,48-50,53H,5-33,35,37-39,41,45,47,52H2,1-4H3;2*1,3-20H2,2H3;/q;2*-1;+2. The van der Waals surface area contributed by atoms with Crippen molar-refractivity contribution in [3.63, 3.8) is 0 Å². The molecular weight excluding hydrogens is 1300 g/mol. The largest absolute Gasteiger partial charge is 2.00 e. The molecule has 0 saturated carbocycles. The van der Waals surface area contributed by atoms with E-state index in [1.807, 2.05) is 0 Å². The summed E-state index contributed by atoms with van der Waals surface area (Å²) in [5.74, 6) is 14.4. The maximum atomic E-state index is 12.5. The molecule has 3 heteroatoms. The fourth-order valence-corrected chi connectivity index (χ4v) is 15.1. The van der Waals surface area contributed by atoms with Crippen molar-refractivity contribution in [3.8, 4) is 23.7 Å². The average molecular weight is 1480 g/mol. The third kappa shape index (κ3) is 61.0. The predicted octanol–water partition coefficient (Wildman–Crippen LogP) is 35.4. The molecule has 0 unspecified atom stereocenters. The van der Waals surface area contributed by atoms with Gasteiger partial charge in [-0.15, -0.1) is 11.8 Å². The van der Waals surface area contributed by atoms with Gasteiger partial charge in [-0.25, -0.2) is 4.70 Å². The van der Waals surface area contributed by atoms with Gasteiger partial charge in [0.15, 0.2) is 0 Å². The second kappa shape index (κ2) is 82.6. The summed E-state index contributed by atoms with van der Waals surface area (Å²) in [6, 6.07) is 17.7. The smallest absolute Gasteiger partial charge is 0.493 e. The second-order valence-electron chi connectivity index (χ2n) is 31.9. The summed E-state index contributed by atoms with van der Waals surface area (Å²) in [6.45, 7) is 21.5. The minimum absolute atomic E-state index is 0. The quantitative estimate of drug-likeness (QED) is 0.0207. The molecule has 104 heavy (non-hydrogen) atoms. The molecule has 0 aromatic heterocycles. The summed E-state index contributed by atoms with van der Waals surface area (Å²) in [6.07, 6.45) is 98.4. The third-order valence-corrected chi connectivity index (χ3v) is 21.9. The van der Waals surface area contributed by atoms with Gasteiger partial charge in [0.05, 0.1) is 0 Å². The van der Waals surface area contributed by atoms with Crippen LogP contribution in [0.4, 0.5) is 0 Å². The first-order valence-corrected chi connectivity index (χ1v) is 46.7. The van der Waals surface area contributed by atoms with E-state index in [0.29, 0.717) is 0 Å². The molecule has 2 nitrogen and oxygen atoms in total. The Hall–Kier alpha value is -2.87. The van der Waals surface area contributed by atoms with Gasteiger partial charge in [0, 0.05) is 36.0 Å². The number of benzene rings is 2. The molecule has 2 aromatic rings. The number of rotatable bonds is 71. The van der Waals surface area contributed by atoms with E-state index in [4.69, 9.17) is 0 Å². The number of aryl methyl sites for hydroxylation is 2. The van der Waals surface area contributed by atoms with Gasteiger partial charge in [-0.05, 0) is 74.3 Å².